The summed E-state index contributed by atoms with van der Waals surface area (Å²) >= 11 is 0. The van der Waals surface area contributed by atoms with E-state index < -0.39 is 11.7 Å². The molecule has 0 saturated carbocycles. The molecule has 0 aliphatic rings. The van der Waals surface area contributed by atoms with E-state index in [9.17, 15) is 18.0 Å². The van der Waals surface area contributed by atoms with Gasteiger partial charge in [-0.1, -0.05) is 12.1 Å². The Morgan fingerprint density at radius 3 is 2.39 bits per heavy atom. The van der Waals surface area contributed by atoms with E-state index in [2.05, 4.69) is 19.9 Å². The van der Waals surface area contributed by atoms with Crippen molar-refractivity contribution < 1.29 is 13.2 Å². The van der Waals surface area contributed by atoms with Crippen LogP contribution in [0.25, 0.3) is 33.7 Å². The number of alkyl halides is 3. The molecular weight excluding hydrogens is 407 g/mol. The molecule has 0 unspecified atom stereocenters. The van der Waals surface area contributed by atoms with Crippen LogP contribution in [0.3, 0.4) is 0 Å². The topological polar surface area (TPSA) is 74.8 Å². The first kappa shape index (κ1) is 20.5. The number of aromatic nitrogens is 4. The monoisotopic (exact) mass is 425 g/mol. The van der Waals surface area contributed by atoms with Gasteiger partial charge in [-0.3, -0.25) is 4.79 Å². The highest BCUT2D eigenvalue weighted by atomic mass is 19.4. The lowest BCUT2D eigenvalue weighted by Crippen LogP contribution is -2.12. The third-order valence-electron chi connectivity index (χ3n) is 4.72. The highest BCUT2D eigenvalue weighted by Crippen LogP contribution is 2.35. The molecule has 4 rings (SSSR count). The van der Waals surface area contributed by atoms with Gasteiger partial charge in [0.15, 0.2) is 11.2 Å². The van der Waals surface area contributed by atoms with Crippen LogP contribution in [0, 0.1) is 6.92 Å². The summed E-state index contributed by atoms with van der Waals surface area (Å²) in [6.45, 7) is 1.81. The Morgan fingerprint density at radius 1 is 0.935 bits per heavy atom. The van der Waals surface area contributed by atoms with Crippen LogP contribution in [-0.4, -0.2) is 34.0 Å². The van der Waals surface area contributed by atoms with Gasteiger partial charge in [0.2, 0.25) is 5.43 Å². The zero-order valence-electron chi connectivity index (χ0n) is 16.9. The molecule has 0 saturated heterocycles. The number of pyridine rings is 2. The van der Waals surface area contributed by atoms with Crippen molar-refractivity contribution in [2.75, 3.05) is 19.0 Å². The van der Waals surface area contributed by atoms with Crippen molar-refractivity contribution >= 4 is 17.0 Å². The fraction of sp³-hybridized carbons (Fsp3) is 0.182. The maximum atomic E-state index is 13.3. The number of aryl methyl sites for hydroxylation is 1. The number of H-pyrrole nitrogens is 1. The first-order valence-electron chi connectivity index (χ1n) is 9.37. The summed E-state index contributed by atoms with van der Waals surface area (Å²) in [5.74, 6) is 0.647. The number of rotatable bonds is 3. The normalized spacial score (nSPS) is 11.7. The van der Waals surface area contributed by atoms with Crippen LogP contribution in [0.2, 0.25) is 0 Å². The van der Waals surface area contributed by atoms with E-state index in [-0.39, 0.29) is 27.9 Å². The third-order valence-corrected chi connectivity index (χ3v) is 4.72. The number of hydrogen-bond donors (Lipinski definition) is 1. The summed E-state index contributed by atoms with van der Waals surface area (Å²) in [5, 5.41) is 0. The predicted molar refractivity (Wildman–Crippen MR) is 113 cm³/mol. The van der Waals surface area contributed by atoms with Crippen molar-refractivity contribution in [3.63, 3.8) is 0 Å². The van der Waals surface area contributed by atoms with Gasteiger partial charge >= 0.3 is 6.18 Å². The smallest absolute Gasteiger partial charge is 0.363 e. The van der Waals surface area contributed by atoms with Crippen molar-refractivity contribution in [2.45, 2.75) is 13.1 Å². The number of nitrogens with zero attached hydrogens (tertiary/aromatic N) is 4. The second-order valence-electron chi connectivity index (χ2n) is 7.29. The van der Waals surface area contributed by atoms with E-state index >= 15 is 0 Å². The molecule has 9 heteroatoms. The molecule has 0 aliphatic heterocycles. The van der Waals surface area contributed by atoms with Crippen LogP contribution < -0.4 is 10.3 Å². The van der Waals surface area contributed by atoms with Crippen LogP contribution in [0.5, 0.6) is 0 Å². The van der Waals surface area contributed by atoms with Gasteiger partial charge in [-0.2, -0.15) is 13.2 Å². The Hall–Kier alpha value is -3.75. The molecule has 0 aliphatic carbocycles. The summed E-state index contributed by atoms with van der Waals surface area (Å²) in [4.78, 5) is 30.5. The summed E-state index contributed by atoms with van der Waals surface area (Å²) in [5.41, 5.74) is 1.24. The molecule has 0 radical (unpaired) electrons. The Morgan fingerprint density at radius 2 is 1.68 bits per heavy atom. The van der Waals surface area contributed by atoms with E-state index in [4.69, 9.17) is 0 Å². The minimum Gasteiger partial charge on any atom is -0.363 e. The molecule has 0 spiro atoms. The maximum absolute atomic E-state index is 13.3. The third kappa shape index (κ3) is 3.98. The zero-order valence-corrected chi connectivity index (χ0v) is 16.9. The standard InChI is InChI=1S/C22H18F3N5O/c1-12-9-14(11-17(27-12)30(2)3)19-18(13-5-4-6-15(10-13)22(23,24)25)29-21-20(28-19)16(31)7-8-26-21/h4-11H,1-3H3,(H,26,29,31). The average Bonchev–Trinajstić information content (AvgIpc) is 2.72. The van der Waals surface area contributed by atoms with Gasteiger partial charge in [0.05, 0.1) is 17.0 Å². The molecule has 31 heavy (non-hydrogen) atoms. The lowest BCUT2D eigenvalue weighted by Gasteiger charge is -2.16. The van der Waals surface area contributed by atoms with E-state index in [1.54, 1.807) is 12.1 Å². The predicted octanol–water partition coefficient (Wildman–Crippen LogP) is 4.44. The molecule has 6 nitrogen and oxygen atoms in total. The largest absolute Gasteiger partial charge is 0.416 e. The minimum absolute atomic E-state index is 0.106. The van der Waals surface area contributed by atoms with Crippen molar-refractivity contribution in [3.8, 4) is 22.5 Å². The number of aromatic amines is 1. The van der Waals surface area contributed by atoms with E-state index in [1.807, 2.05) is 25.9 Å². The summed E-state index contributed by atoms with van der Waals surface area (Å²) < 4.78 is 39.9. The van der Waals surface area contributed by atoms with Gasteiger partial charge < -0.3 is 9.88 Å². The van der Waals surface area contributed by atoms with Crippen molar-refractivity contribution in [2.24, 2.45) is 0 Å². The molecule has 0 amide bonds. The lowest BCUT2D eigenvalue weighted by molar-refractivity contribution is -0.137. The Bertz CT molecular complexity index is 1350. The first-order valence-corrected chi connectivity index (χ1v) is 9.37. The van der Waals surface area contributed by atoms with Crippen molar-refractivity contribution in [1.29, 1.82) is 0 Å². The molecule has 0 atom stereocenters. The van der Waals surface area contributed by atoms with Gasteiger partial charge in [-0.15, -0.1) is 0 Å². The SMILES string of the molecule is Cc1cc(-c2nc3c(=O)cc[nH]c3nc2-c2cccc(C(F)(F)F)c2)cc(N(C)C)n1. The van der Waals surface area contributed by atoms with E-state index in [0.29, 0.717) is 22.8 Å². The lowest BCUT2D eigenvalue weighted by atomic mass is 10.0. The van der Waals surface area contributed by atoms with E-state index in [1.165, 1.54) is 24.4 Å². The summed E-state index contributed by atoms with van der Waals surface area (Å²) in [6, 6.07) is 9.74. The second kappa shape index (κ2) is 7.50. The number of benzene rings is 1. The Kier molecular flexibility index (Phi) is 4.96. The molecular formula is C22H18F3N5O. The molecule has 158 valence electrons. The number of anilines is 1. The number of hydrogen-bond acceptors (Lipinski definition) is 5. The van der Waals surface area contributed by atoms with Gasteiger partial charge in [-0.05, 0) is 31.2 Å². The number of nitrogens with one attached hydrogen (secondary N) is 1. The molecule has 0 bridgehead atoms. The van der Waals surface area contributed by atoms with Crippen LogP contribution in [0.1, 0.15) is 11.3 Å². The molecule has 3 aromatic heterocycles. The fourth-order valence-electron chi connectivity index (χ4n) is 3.25. The molecule has 0 fully saturated rings. The van der Waals surface area contributed by atoms with Crippen LogP contribution in [-0.2, 0) is 6.18 Å². The quantitative estimate of drug-likeness (QED) is 0.525. The number of halogens is 3. The Balaban J connectivity index is 2.05. The summed E-state index contributed by atoms with van der Waals surface area (Å²) in [7, 11) is 3.66. The molecule has 3 heterocycles. The number of fused-ring (bicyclic) bond motifs is 1. The molecule has 1 aromatic carbocycles. The highest BCUT2D eigenvalue weighted by molar-refractivity contribution is 5.85. The van der Waals surface area contributed by atoms with Gasteiger partial charge in [0.25, 0.3) is 0 Å². The first-order chi connectivity index (χ1) is 14.6. The van der Waals surface area contributed by atoms with Crippen molar-refractivity contribution in [1.82, 2.24) is 19.9 Å². The molecule has 1 N–H and O–H groups in total. The Labute approximate surface area is 175 Å². The van der Waals surface area contributed by atoms with E-state index in [0.717, 1.165) is 12.1 Å². The highest BCUT2D eigenvalue weighted by Gasteiger charge is 2.31. The van der Waals surface area contributed by atoms with Crippen LogP contribution in [0.15, 0.2) is 53.5 Å². The van der Waals surface area contributed by atoms with Gasteiger partial charge in [0, 0.05) is 43.2 Å². The van der Waals surface area contributed by atoms with Gasteiger partial charge in [-0.25, -0.2) is 15.0 Å². The average molecular weight is 425 g/mol. The van der Waals surface area contributed by atoms with Crippen molar-refractivity contribution in [3.05, 3.63) is 70.1 Å². The van der Waals surface area contributed by atoms with Crippen LogP contribution in [0.4, 0.5) is 19.0 Å². The second-order valence-corrected chi connectivity index (χ2v) is 7.29. The zero-order chi connectivity index (χ0) is 22.3. The molecule has 4 aromatic rings. The fourth-order valence-corrected chi connectivity index (χ4v) is 3.25. The van der Waals surface area contributed by atoms with Gasteiger partial charge in [0.1, 0.15) is 5.82 Å². The maximum Gasteiger partial charge on any atom is 0.416 e. The van der Waals surface area contributed by atoms with Crippen LogP contribution >= 0.6 is 0 Å². The summed E-state index contributed by atoms with van der Waals surface area (Å²) in [6.07, 6.45) is -3.07. The minimum atomic E-state index is -4.50.